The lowest BCUT2D eigenvalue weighted by molar-refractivity contribution is 0.405. The Hall–Kier alpha value is -0.0400. The largest absolute Gasteiger partial charge is 0.314 e. The molecule has 1 rings (SSSR count). The Labute approximate surface area is 102 Å². The Morgan fingerprint density at radius 2 is 1.19 bits per heavy atom. The molecule has 1 aliphatic rings. The molecule has 0 saturated heterocycles. The van der Waals surface area contributed by atoms with E-state index in [1.54, 1.807) is 0 Å². The molecule has 0 spiro atoms. The normalized spacial score (nSPS) is 22.3. The van der Waals surface area contributed by atoms with E-state index < -0.39 is 0 Å². The van der Waals surface area contributed by atoms with Crippen LogP contribution in [0.2, 0.25) is 0 Å². The Morgan fingerprint density at radius 3 is 1.62 bits per heavy atom. The van der Waals surface area contributed by atoms with Crippen molar-refractivity contribution in [3.63, 3.8) is 0 Å². The van der Waals surface area contributed by atoms with E-state index in [9.17, 15) is 0 Å². The van der Waals surface area contributed by atoms with Crippen molar-refractivity contribution in [2.75, 3.05) is 6.54 Å². The molecule has 0 aromatic rings. The predicted octanol–water partition coefficient (Wildman–Crippen LogP) is 4.66. The Bertz CT molecular complexity index is 132. The summed E-state index contributed by atoms with van der Waals surface area (Å²) in [5.41, 5.74) is 0. The molecule has 1 N–H and O–H groups in total. The lowest BCUT2D eigenvalue weighted by Crippen LogP contribution is -2.29. The highest BCUT2D eigenvalue weighted by molar-refractivity contribution is 4.67. The number of hydrogen-bond acceptors (Lipinski definition) is 1. The average Bonchev–Trinajstić information content (AvgIpc) is 2.28. The summed E-state index contributed by atoms with van der Waals surface area (Å²) in [4.78, 5) is 0. The highest BCUT2D eigenvalue weighted by atomic mass is 14.9. The molecule has 1 fully saturated rings. The van der Waals surface area contributed by atoms with Crippen molar-refractivity contribution in [1.29, 1.82) is 0 Å². The molecule has 1 saturated carbocycles. The van der Waals surface area contributed by atoms with Crippen LogP contribution in [0.4, 0.5) is 0 Å². The molecule has 0 aromatic carbocycles. The molecule has 0 aliphatic heterocycles. The third-order valence-corrected chi connectivity index (χ3v) is 3.79. The average molecular weight is 225 g/mol. The molecule has 0 aromatic heterocycles. The van der Waals surface area contributed by atoms with Crippen LogP contribution in [0.1, 0.15) is 84.0 Å². The van der Waals surface area contributed by atoms with Crippen molar-refractivity contribution < 1.29 is 0 Å². The minimum absolute atomic E-state index is 0.819. The smallest absolute Gasteiger partial charge is 0.00670 e. The highest BCUT2D eigenvalue weighted by Crippen LogP contribution is 2.16. The van der Waals surface area contributed by atoms with Gasteiger partial charge in [0, 0.05) is 6.04 Å². The fraction of sp³-hybridized carbons (Fsp3) is 1.00. The number of nitrogens with one attached hydrogen (secondary N) is 1. The third-order valence-electron chi connectivity index (χ3n) is 3.79. The summed E-state index contributed by atoms with van der Waals surface area (Å²) in [6.45, 7) is 3.48. The minimum atomic E-state index is 0.819. The van der Waals surface area contributed by atoms with Gasteiger partial charge in [0.1, 0.15) is 0 Å². The van der Waals surface area contributed by atoms with Gasteiger partial charge in [-0.05, 0) is 25.8 Å². The van der Waals surface area contributed by atoms with Crippen molar-refractivity contribution in [3.05, 3.63) is 0 Å². The summed E-state index contributed by atoms with van der Waals surface area (Å²) < 4.78 is 0. The Kier molecular flexibility index (Phi) is 8.88. The second-order valence-corrected chi connectivity index (χ2v) is 5.41. The lowest BCUT2D eigenvalue weighted by Gasteiger charge is -2.19. The quantitative estimate of drug-likeness (QED) is 0.736. The van der Waals surface area contributed by atoms with Gasteiger partial charge in [0.2, 0.25) is 0 Å². The maximum atomic E-state index is 3.72. The number of rotatable bonds is 3. The second kappa shape index (κ2) is 10.1. The lowest BCUT2D eigenvalue weighted by atomic mass is 9.98. The van der Waals surface area contributed by atoms with E-state index >= 15 is 0 Å². The van der Waals surface area contributed by atoms with Crippen LogP contribution >= 0.6 is 0 Å². The molecular weight excluding hydrogens is 194 g/mol. The minimum Gasteiger partial charge on any atom is -0.314 e. The monoisotopic (exact) mass is 225 g/mol. The van der Waals surface area contributed by atoms with Gasteiger partial charge in [-0.3, -0.25) is 0 Å². The number of hydrogen-bond donors (Lipinski definition) is 1. The summed E-state index contributed by atoms with van der Waals surface area (Å²) in [5.74, 6) is 0. The maximum Gasteiger partial charge on any atom is 0.00670 e. The van der Waals surface area contributed by atoms with Gasteiger partial charge in [0.15, 0.2) is 0 Å². The van der Waals surface area contributed by atoms with Gasteiger partial charge in [0.25, 0.3) is 0 Å². The standard InChI is InChI=1S/C15H31N/c1-2-14-16-15-12-10-8-6-4-3-5-7-9-11-13-15/h15-16H,2-14H2,1H3. The van der Waals surface area contributed by atoms with Crippen molar-refractivity contribution in [2.45, 2.75) is 90.0 Å². The topological polar surface area (TPSA) is 12.0 Å². The predicted molar refractivity (Wildman–Crippen MR) is 72.9 cm³/mol. The molecule has 1 aliphatic carbocycles. The van der Waals surface area contributed by atoms with Crippen LogP contribution in [0, 0.1) is 0 Å². The van der Waals surface area contributed by atoms with E-state index in [1.165, 1.54) is 83.6 Å². The summed E-state index contributed by atoms with van der Waals surface area (Å²) in [5, 5.41) is 3.72. The zero-order chi connectivity index (χ0) is 11.5. The molecule has 0 bridgehead atoms. The summed E-state index contributed by atoms with van der Waals surface area (Å²) in [6.07, 6.45) is 17.3. The van der Waals surface area contributed by atoms with Crippen LogP contribution in [0.3, 0.4) is 0 Å². The fourth-order valence-corrected chi connectivity index (χ4v) is 2.72. The summed E-state index contributed by atoms with van der Waals surface area (Å²) in [7, 11) is 0. The van der Waals surface area contributed by atoms with Crippen LogP contribution < -0.4 is 5.32 Å². The first-order valence-electron chi connectivity index (χ1n) is 7.67. The molecule has 16 heavy (non-hydrogen) atoms. The van der Waals surface area contributed by atoms with E-state index in [0.717, 1.165) is 6.04 Å². The van der Waals surface area contributed by atoms with Gasteiger partial charge >= 0.3 is 0 Å². The molecule has 1 nitrogen and oxygen atoms in total. The van der Waals surface area contributed by atoms with Crippen LogP contribution in [0.15, 0.2) is 0 Å². The molecule has 96 valence electrons. The van der Waals surface area contributed by atoms with E-state index in [1.807, 2.05) is 0 Å². The van der Waals surface area contributed by atoms with Gasteiger partial charge in [-0.1, -0.05) is 64.7 Å². The molecule has 0 heterocycles. The van der Waals surface area contributed by atoms with Crippen molar-refractivity contribution in [1.82, 2.24) is 5.32 Å². The van der Waals surface area contributed by atoms with E-state index in [0.29, 0.717) is 0 Å². The van der Waals surface area contributed by atoms with Crippen molar-refractivity contribution in [2.24, 2.45) is 0 Å². The van der Waals surface area contributed by atoms with Crippen molar-refractivity contribution >= 4 is 0 Å². The second-order valence-electron chi connectivity index (χ2n) is 5.41. The summed E-state index contributed by atoms with van der Waals surface area (Å²) >= 11 is 0. The summed E-state index contributed by atoms with van der Waals surface area (Å²) in [6, 6.07) is 0.819. The van der Waals surface area contributed by atoms with Crippen LogP contribution in [0.25, 0.3) is 0 Å². The van der Waals surface area contributed by atoms with Crippen molar-refractivity contribution in [3.8, 4) is 0 Å². The fourth-order valence-electron chi connectivity index (χ4n) is 2.72. The maximum absolute atomic E-state index is 3.72. The third kappa shape index (κ3) is 7.27. The van der Waals surface area contributed by atoms with E-state index in [-0.39, 0.29) is 0 Å². The van der Waals surface area contributed by atoms with Crippen LogP contribution in [-0.2, 0) is 0 Å². The van der Waals surface area contributed by atoms with Crippen LogP contribution in [0.5, 0.6) is 0 Å². The van der Waals surface area contributed by atoms with Gasteiger partial charge < -0.3 is 5.32 Å². The Morgan fingerprint density at radius 1 is 0.750 bits per heavy atom. The first-order valence-corrected chi connectivity index (χ1v) is 7.67. The SMILES string of the molecule is CCCNC1CCCCCCCCCCC1. The first kappa shape index (κ1) is 14.0. The van der Waals surface area contributed by atoms with Gasteiger partial charge in [0.05, 0.1) is 0 Å². The van der Waals surface area contributed by atoms with Gasteiger partial charge in [-0.2, -0.15) is 0 Å². The first-order chi connectivity index (χ1) is 7.93. The molecular formula is C15H31N. The van der Waals surface area contributed by atoms with Crippen LogP contribution in [-0.4, -0.2) is 12.6 Å². The molecule has 0 amide bonds. The zero-order valence-corrected chi connectivity index (χ0v) is 11.3. The molecule has 0 atom stereocenters. The highest BCUT2D eigenvalue weighted by Gasteiger charge is 2.07. The zero-order valence-electron chi connectivity index (χ0n) is 11.3. The van der Waals surface area contributed by atoms with E-state index in [4.69, 9.17) is 0 Å². The Balaban J connectivity index is 2.19. The molecule has 0 radical (unpaired) electrons. The van der Waals surface area contributed by atoms with Gasteiger partial charge in [-0.15, -0.1) is 0 Å². The molecule has 1 heteroatoms. The van der Waals surface area contributed by atoms with E-state index in [2.05, 4.69) is 12.2 Å². The van der Waals surface area contributed by atoms with Gasteiger partial charge in [-0.25, -0.2) is 0 Å². The molecule has 0 unspecified atom stereocenters.